The fraction of sp³-hybridized carbons (Fsp3) is 0.200. The Bertz CT molecular complexity index is 601. The van der Waals surface area contributed by atoms with Crippen molar-refractivity contribution >= 4 is 23.2 Å². The van der Waals surface area contributed by atoms with Gasteiger partial charge in [-0.1, -0.05) is 17.7 Å². The van der Waals surface area contributed by atoms with E-state index < -0.39 is 11.2 Å². The molecule has 0 saturated heterocycles. The molecule has 0 amide bonds. The number of hydrogen-bond donors (Lipinski definition) is 0. The van der Waals surface area contributed by atoms with E-state index in [1.54, 1.807) is 19.9 Å². The molecule has 1 atom stereocenters. The van der Waals surface area contributed by atoms with Gasteiger partial charge < -0.3 is 0 Å². The summed E-state index contributed by atoms with van der Waals surface area (Å²) in [6.07, 6.45) is 0. The third-order valence-electron chi connectivity index (χ3n) is 3.05. The van der Waals surface area contributed by atoms with Crippen LogP contribution in [0, 0.1) is 25.5 Å². The Balaban J connectivity index is 2.53. The third-order valence-corrected chi connectivity index (χ3v) is 3.83. The van der Waals surface area contributed by atoms with Gasteiger partial charge in [-0.25, -0.2) is 8.78 Å². The maximum atomic E-state index is 13.3. The van der Waals surface area contributed by atoms with Crippen LogP contribution in [-0.4, -0.2) is 0 Å². The highest BCUT2D eigenvalue weighted by atomic mass is 35.5. The molecule has 100 valence electrons. The van der Waals surface area contributed by atoms with Crippen LogP contribution in [0.1, 0.15) is 27.6 Å². The minimum absolute atomic E-state index is 0.267. The van der Waals surface area contributed by atoms with Crippen LogP contribution < -0.4 is 0 Å². The molecule has 0 nitrogen and oxygen atoms in total. The van der Waals surface area contributed by atoms with Gasteiger partial charge in [-0.2, -0.15) is 0 Å². The molecule has 0 bridgehead atoms. The summed E-state index contributed by atoms with van der Waals surface area (Å²) in [7, 11) is 0. The van der Waals surface area contributed by atoms with Crippen molar-refractivity contribution in [2.24, 2.45) is 0 Å². The molecule has 0 N–H and O–H groups in total. The molecule has 2 aromatic carbocycles. The Morgan fingerprint density at radius 2 is 1.53 bits per heavy atom. The van der Waals surface area contributed by atoms with Crippen LogP contribution in [0.5, 0.6) is 0 Å². The summed E-state index contributed by atoms with van der Waals surface area (Å²) in [6, 6.07) is 6.94. The summed E-state index contributed by atoms with van der Waals surface area (Å²) < 4.78 is 26.3. The molecule has 0 aliphatic carbocycles. The number of benzene rings is 2. The fourth-order valence-electron chi connectivity index (χ4n) is 2.18. The molecule has 0 aromatic heterocycles. The topological polar surface area (TPSA) is 0 Å². The Morgan fingerprint density at radius 1 is 0.947 bits per heavy atom. The molecule has 0 fully saturated rings. The van der Waals surface area contributed by atoms with Crippen molar-refractivity contribution in [3.8, 4) is 0 Å². The lowest BCUT2D eigenvalue weighted by Crippen LogP contribution is -2.01. The first kappa shape index (κ1) is 14.3. The van der Waals surface area contributed by atoms with Crippen molar-refractivity contribution in [2.75, 3.05) is 0 Å². The van der Waals surface area contributed by atoms with Gasteiger partial charge in [0.05, 0.1) is 5.38 Å². The molecular weight excluding hydrogens is 289 g/mol. The second-order valence-electron chi connectivity index (χ2n) is 4.48. The molecule has 0 heterocycles. The van der Waals surface area contributed by atoms with E-state index >= 15 is 0 Å². The van der Waals surface area contributed by atoms with E-state index in [0.29, 0.717) is 5.56 Å². The van der Waals surface area contributed by atoms with Crippen LogP contribution in [0.25, 0.3) is 0 Å². The van der Waals surface area contributed by atoms with Gasteiger partial charge in [-0.15, -0.1) is 11.6 Å². The Morgan fingerprint density at radius 3 is 2.05 bits per heavy atom. The van der Waals surface area contributed by atoms with Crippen molar-refractivity contribution < 1.29 is 8.78 Å². The lowest BCUT2D eigenvalue weighted by Gasteiger charge is -2.17. The largest absolute Gasteiger partial charge is 0.207 e. The van der Waals surface area contributed by atoms with Crippen molar-refractivity contribution in [3.05, 3.63) is 69.2 Å². The summed E-state index contributed by atoms with van der Waals surface area (Å²) in [5.74, 6) is -0.710. The summed E-state index contributed by atoms with van der Waals surface area (Å²) >= 11 is 12.4. The normalized spacial score (nSPS) is 12.5. The van der Waals surface area contributed by atoms with Gasteiger partial charge in [-0.3, -0.25) is 0 Å². The van der Waals surface area contributed by atoms with Crippen LogP contribution in [0.2, 0.25) is 5.02 Å². The molecule has 1 unspecified atom stereocenters. The molecule has 4 heteroatoms. The molecule has 0 saturated carbocycles. The molecule has 0 spiro atoms. The quantitative estimate of drug-likeness (QED) is 0.637. The Kier molecular flexibility index (Phi) is 4.12. The maximum Gasteiger partial charge on any atom is 0.124 e. The molecule has 19 heavy (non-hydrogen) atoms. The van der Waals surface area contributed by atoms with Gasteiger partial charge in [0, 0.05) is 5.02 Å². The van der Waals surface area contributed by atoms with Crippen molar-refractivity contribution in [2.45, 2.75) is 19.2 Å². The van der Waals surface area contributed by atoms with Gasteiger partial charge in [-0.05, 0) is 60.4 Å². The SMILES string of the molecule is Cc1cc(F)cc(C)c1C(Cl)c1ccc(F)cc1Cl. The second-order valence-corrected chi connectivity index (χ2v) is 5.33. The highest BCUT2D eigenvalue weighted by Crippen LogP contribution is 2.37. The van der Waals surface area contributed by atoms with Crippen LogP contribution in [-0.2, 0) is 0 Å². The van der Waals surface area contributed by atoms with Crippen LogP contribution >= 0.6 is 23.2 Å². The number of aryl methyl sites for hydroxylation is 2. The van der Waals surface area contributed by atoms with Crippen LogP contribution in [0.3, 0.4) is 0 Å². The average molecular weight is 301 g/mol. The average Bonchev–Trinajstić information content (AvgIpc) is 2.26. The minimum Gasteiger partial charge on any atom is -0.207 e. The minimum atomic E-state index is -0.534. The van der Waals surface area contributed by atoms with Crippen molar-refractivity contribution in [1.29, 1.82) is 0 Å². The predicted octanol–water partition coefficient (Wildman–Crippen LogP) is 5.56. The van der Waals surface area contributed by atoms with E-state index in [9.17, 15) is 8.78 Å². The smallest absolute Gasteiger partial charge is 0.124 e. The third kappa shape index (κ3) is 2.90. The molecule has 0 radical (unpaired) electrons. The summed E-state index contributed by atoms with van der Waals surface area (Å²) in [5.41, 5.74) is 2.91. The molecule has 2 aromatic rings. The molecule has 0 aliphatic heterocycles. The summed E-state index contributed by atoms with van der Waals surface area (Å²) in [6.45, 7) is 3.58. The first-order valence-corrected chi connectivity index (χ1v) is 6.57. The number of halogens is 4. The Hall–Kier alpha value is -1.12. The van der Waals surface area contributed by atoms with E-state index in [2.05, 4.69) is 0 Å². The van der Waals surface area contributed by atoms with E-state index in [1.165, 1.54) is 24.3 Å². The van der Waals surface area contributed by atoms with E-state index in [-0.39, 0.29) is 10.8 Å². The van der Waals surface area contributed by atoms with Crippen molar-refractivity contribution in [1.82, 2.24) is 0 Å². The zero-order chi connectivity index (χ0) is 14.2. The standard InChI is InChI=1S/C15H12Cl2F2/c1-8-5-11(19)6-9(2)14(8)15(17)12-4-3-10(18)7-13(12)16/h3-7,15H,1-2H3. The number of alkyl halides is 1. The lowest BCUT2D eigenvalue weighted by atomic mass is 9.95. The van der Waals surface area contributed by atoms with Gasteiger partial charge in [0.25, 0.3) is 0 Å². The highest BCUT2D eigenvalue weighted by Gasteiger charge is 2.19. The monoisotopic (exact) mass is 300 g/mol. The van der Waals surface area contributed by atoms with E-state index in [4.69, 9.17) is 23.2 Å². The van der Waals surface area contributed by atoms with Gasteiger partial charge >= 0.3 is 0 Å². The van der Waals surface area contributed by atoms with E-state index in [0.717, 1.165) is 16.7 Å². The Labute approximate surface area is 121 Å². The van der Waals surface area contributed by atoms with Crippen LogP contribution in [0.15, 0.2) is 30.3 Å². The summed E-state index contributed by atoms with van der Waals surface area (Å²) in [4.78, 5) is 0. The maximum absolute atomic E-state index is 13.3. The van der Waals surface area contributed by atoms with Gasteiger partial charge in [0.1, 0.15) is 11.6 Å². The molecule has 2 rings (SSSR count). The number of rotatable bonds is 2. The first-order chi connectivity index (χ1) is 8.90. The molecule has 0 aliphatic rings. The molecular formula is C15H12Cl2F2. The highest BCUT2D eigenvalue weighted by molar-refractivity contribution is 6.33. The lowest BCUT2D eigenvalue weighted by molar-refractivity contribution is 0.624. The number of hydrogen-bond acceptors (Lipinski definition) is 0. The van der Waals surface area contributed by atoms with Crippen molar-refractivity contribution in [3.63, 3.8) is 0 Å². The van der Waals surface area contributed by atoms with E-state index in [1.807, 2.05) is 0 Å². The fourth-order valence-corrected chi connectivity index (χ4v) is 3.05. The van der Waals surface area contributed by atoms with Gasteiger partial charge in [0.15, 0.2) is 0 Å². The zero-order valence-corrected chi connectivity index (χ0v) is 12.0. The zero-order valence-electron chi connectivity index (χ0n) is 10.5. The second kappa shape index (κ2) is 5.48. The predicted molar refractivity (Wildman–Crippen MR) is 75.0 cm³/mol. The van der Waals surface area contributed by atoms with Crippen LogP contribution in [0.4, 0.5) is 8.78 Å². The summed E-state index contributed by atoms with van der Waals surface area (Å²) in [5, 5.41) is -0.267. The van der Waals surface area contributed by atoms with Gasteiger partial charge in [0.2, 0.25) is 0 Å². The first-order valence-electron chi connectivity index (χ1n) is 5.76.